The summed E-state index contributed by atoms with van der Waals surface area (Å²) in [5, 5.41) is 3.09. The van der Waals surface area contributed by atoms with Gasteiger partial charge in [0.05, 0.1) is 24.9 Å². The van der Waals surface area contributed by atoms with Crippen molar-refractivity contribution in [1.29, 1.82) is 0 Å². The molecule has 1 amide bonds. The van der Waals surface area contributed by atoms with Crippen LogP contribution in [0.3, 0.4) is 0 Å². The second-order valence-corrected chi connectivity index (χ2v) is 8.04. The molecule has 158 valence electrons. The van der Waals surface area contributed by atoms with Crippen LogP contribution in [0.2, 0.25) is 0 Å². The molecule has 1 atom stereocenters. The van der Waals surface area contributed by atoms with E-state index in [0.29, 0.717) is 32.1 Å². The number of esters is 1. The number of carbonyl (C=O) groups is 2. The second kappa shape index (κ2) is 8.66. The summed E-state index contributed by atoms with van der Waals surface area (Å²) in [7, 11) is 1.56. The summed E-state index contributed by atoms with van der Waals surface area (Å²) in [6.45, 7) is 6.82. The number of fused-ring (bicyclic) bond motifs is 1. The predicted molar refractivity (Wildman–Crippen MR) is 116 cm³/mol. The van der Waals surface area contributed by atoms with Crippen molar-refractivity contribution in [3.8, 4) is 5.75 Å². The van der Waals surface area contributed by atoms with Crippen LogP contribution in [0.15, 0.2) is 35.4 Å². The van der Waals surface area contributed by atoms with E-state index in [0.717, 1.165) is 11.3 Å². The first-order valence-corrected chi connectivity index (χ1v) is 10.2. The highest BCUT2D eigenvalue weighted by atomic mass is 32.1. The fraction of sp³-hybridized carbons (Fsp3) is 0.333. The molecule has 9 heteroatoms. The van der Waals surface area contributed by atoms with Gasteiger partial charge in [0.25, 0.3) is 5.56 Å². The Morgan fingerprint density at radius 3 is 2.43 bits per heavy atom. The average molecular weight is 429 g/mol. The molecular weight excluding hydrogens is 406 g/mol. The molecule has 0 saturated carbocycles. The quantitative estimate of drug-likeness (QED) is 0.602. The van der Waals surface area contributed by atoms with Gasteiger partial charge in [-0.05, 0) is 57.5 Å². The van der Waals surface area contributed by atoms with E-state index >= 15 is 0 Å². The Morgan fingerprint density at radius 2 is 1.83 bits per heavy atom. The van der Waals surface area contributed by atoms with E-state index in [1.807, 2.05) is 0 Å². The van der Waals surface area contributed by atoms with E-state index in [-0.39, 0.29) is 17.6 Å². The summed E-state index contributed by atoms with van der Waals surface area (Å²) < 4.78 is 11.6. The normalized spacial score (nSPS) is 12.1. The number of amides is 1. The molecular formula is C21H23N3O5S. The highest BCUT2D eigenvalue weighted by Gasteiger charge is 2.24. The van der Waals surface area contributed by atoms with Crippen LogP contribution in [0.1, 0.15) is 42.0 Å². The first-order valence-electron chi connectivity index (χ1n) is 9.39. The van der Waals surface area contributed by atoms with Crippen LogP contribution in [0.25, 0.3) is 10.2 Å². The van der Waals surface area contributed by atoms with Crippen LogP contribution in [-0.2, 0) is 9.53 Å². The lowest BCUT2D eigenvalue weighted by Gasteiger charge is -2.15. The van der Waals surface area contributed by atoms with E-state index < -0.39 is 12.0 Å². The number of thiophene rings is 1. The zero-order valence-electron chi connectivity index (χ0n) is 17.4. The highest BCUT2D eigenvalue weighted by Crippen LogP contribution is 2.28. The summed E-state index contributed by atoms with van der Waals surface area (Å²) in [5.74, 6) is -0.177. The molecule has 0 saturated heterocycles. The van der Waals surface area contributed by atoms with E-state index in [2.05, 4.69) is 10.3 Å². The van der Waals surface area contributed by atoms with Gasteiger partial charge in [0.1, 0.15) is 21.5 Å². The Kier molecular flexibility index (Phi) is 6.21. The molecule has 30 heavy (non-hydrogen) atoms. The van der Waals surface area contributed by atoms with Crippen LogP contribution in [0.5, 0.6) is 5.75 Å². The lowest BCUT2D eigenvalue weighted by Crippen LogP contribution is -2.31. The molecule has 0 fully saturated rings. The monoisotopic (exact) mass is 429 g/mol. The number of aryl methyl sites for hydroxylation is 1. The van der Waals surface area contributed by atoms with Gasteiger partial charge in [-0.3, -0.25) is 14.2 Å². The highest BCUT2D eigenvalue weighted by molar-refractivity contribution is 7.20. The van der Waals surface area contributed by atoms with Crippen molar-refractivity contribution in [2.45, 2.75) is 39.8 Å². The third kappa shape index (κ3) is 4.20. The van der Waals surface area contributed by atoms with Gasteiger partial charge in [-0.25, -0.2) is 9.78 Å². The molecule has 0 radical (unpaired) electrons. The smallest absolute Gasteiger partial charge is 0.348 e. The fourth-order valence-corrected chi connectivity index (χ4v) is 3.95. The number of carbonyl (C=O) groups excluding carboxylic acids is 2. The van der Waals surface area contributed by atoms with Crippen molar-refractivity contribution in [2.24, 2.45) is 0 Å². The van der Waals surface area contributed by atoms with Gasteiger partial charge >= 0.3 is 5.97 Å². The SMILES string of the molecule is COc1ccc(NC(=O)[C@H](C)n2cnc3sc(C(=O)OC(C)C)c(C)c3c2=O)cc1. The third-order valence-corrected chi connectivity index (χ3v) is 5.74. The molecule has 3 rings (SSSR count). The van der Waals surface area contributed by atoms with Crippen molar-refractivity contribution in [2.75, 3.05) is 12.4 Å². The first-order chi connectivity index (χ1) is 14.2. The molecule has 1 aromatic carbocycles. The van der Waals surface area contributed by atoms with Gasteiger partial charge in [-0.15, -0.1) is 11.3 Å². The third-order valence-electron chi connectivity index (χ3n) is 4.56. The molecule has 2 heterocycles. The minimum atomic E-state index is -0.804. The van der Waals surface area contributed by atoms with Gasteiger partial charge in [0.15, 0.2) is 0 Å². The van der Waals surface area contributed by atoms with Crippen LogP contribution in [0, 0.1) is 6.92 Å². The maximum Gasteiger partial charge on any atom is 0.348 e. The summed E-state index contributed by atoms with van der Waals surface area (Å²) in [5.41, 5.74) is 0.713. The number of hydrogen-bond acceptors (Lipinski definition) is 7. The Balaban J connectivity index is 1.90. The molecule has 1 N–H and O–H groups in total. The lowest BCUT2D eigenvalue weighted by atomic mass is 10.2. The molecule has 0 aliphatic rings. The van der Waals surface area contributed by atoms with Crippen LogP contribution in [-0.4, -0.2) is 34.6 Å². The molecule has 0 aliphatic heterocycles. The minimum absolute atomic E-state index is 0.270. The number of nitrogens with one attached hydrogen (secondary N) is 1. The topological polar surface area (TPSA) is 99.5 Å². The standard InChI is InChI=1S/C21H23N3O5S/c1-11(2)29-21(27)17-12(3)16-19(30-17)22-10-24(20(16)26)13(4)18(25)23-14-6-8-15(28-5)9-7-14/h6-11,13H,1-5H3,(H,23,25)/t13-/m0/s1. The molecule has 8 nitrogen and oxygen atoms in total. The number of anilines is 1. The van der Waals surface area contributed by atoms with Crippen molar-refractivity contribution >= 4 is 39.1 Å². The van der Waals surface area contributed by atoms with Crippen molar-refractivity contribution in [3.63, 3.8) is 0 Å². The van der Waals surface area contributed by atoms with E-state index in [1.165, 1.54) is 10.9 Å². The summed E-state index contributed by atoms with van der Waals surface area (Å²) in [6, 6.07) is 6.08. The van der Waals surface area contributed by atoms with Crippen LogP contribution >= 0.6 is 11.3 Å². The van der Waals surface area contributed by atoms with Gasteiger partial charge in [-0.1, -0.05) is 0 Å². The van der Waals surface area contributed by atoms with Crippen molar-refractivity contribution < 1.29 is 19.1 Å². The van der Waals surface area contributed by atoms with Gasteiger partial charge in [0, 0.05) is 5.69 Å². The Morgan fingerprint density at radius 1 is 1.17 bits per heavy atom. The Bertz CT molecular complexity index is 1150. The molecule has 0 bridgehead atoms. The van der Waals surface area contributed by atoms with Crippen LogP contribution < -0.4 is 15.6 Å². The Labute approximate surface area is 177 Å². The number of nitrogens with zero attached hydrogens (tertiary/aromatic N) is 2. The van der Waals surface area contributed by atoms with Gasteiger partial charge < -0.3 is 14.8 Å². The number of benzene rings is 1. The van der Waals surface area contributed by atoms with Crippen molar-refractivity contribution in [3.05, 3.63) is 51.4 Å². The zero-order valence-corrected chi connectivity index (χ0v) is 18.2. The lowest BCUT2D eigenvalue weighted by molar-refractivity contribution is -0.118. The van der Waals surface area contributed by atoms with Gasteiger partial charge in [-0.2, -0.15) is 0 Å². The maximum atomic E-state index is 13.1. The molecule has 2 aromatic heterocycles. The first kappa shape index (κ1) is 21.5. The molecule has 0 aliphatic carbocycles. The maximum absolute atomic E-state index is 13.1. The number of rotatable bonds is 6. The zero-order chi connectivity index (χ0) is 22.0. The number of ether oxygens (including phenoxy) is 2. The average Bonchev–Trinajstić information content (AvgIpc) is 3.05. The van der Waals surface area contributed by atoms with Gasteiger partial charge in [0.2, 0.25) is 5.91 Å². The number of hydrogen-bond donors (Lipinski definition) is 1. The summed E-state index contributed by atoms with van der Waals surface area (Å²) >= 11 is 1.11. The second-order valence-electron chi connectivity index (χ2n) is 7.04. The molecule has 0 spiro atoms. The number of aromatic nitrogens is 2. The predicted octanol–water partition coefficient (Wildman–Crippen LogP) is 3.54. The molecule has 3 aromatic rings. The van der Waals surface area contributed by atoms with Crippen molar-refractivity contribution in [1.82, 2.24) is 9.55 Å². The largest absolute Gasteiger partial charge is 0.497 e. The van der Waals surface area contributed by atoms with E-state index in [1.54, 1.807) is 59.1 Å². The summed E-state index contributed by atoms with van der Waals surface area (Å²) in [4.78, 5) is 43.1. The summed E-state index contributed by atoms with van der Waals surface area (Å²) in [6.07, 6.45) is 1.06. The van der Waals surface area contributed by atoms with Crippen LogP contribution in [0.4, 0.5) is 5.69 Å². The minimum Gasteiger partial charge on any atom is -0.497 e. The number of methoxy groups -OCH3 is 1. The Hall–Kier alpha value is -3.20. The van der Waals surface area contributed by atoms with E-state index in [9.17, 15) is 14.4 Å². The fourth-order valence-electron chi connectivity index (χ4n) is 2.92. The molecule has 0 unspecified atom stereocenters. The van der Waals surface area contributed by atoms with E-state index in [4.69, 9.17) is 9.47 Å².